The molecule has 1 N–H and O–H groups in total. The molecule has 0 unspecified atom stereocenters. The molecule has 0 fully saturated rings. The van der Waals surface area contributed by atoms with Gasteiger partial charge in [-0.25, -0.2) is 9.97 Å². The van der Waals surface area contributed by atoms with Crippen molar-refractivity contribution < 1.29 is 0 Å². The summed E-state index contributed by atoms with van der Waals surface area (Å²) >= 11 is 0. The van der Waals surface area contributed by atoms with Crippen molar-refractivity contribution in [3.8, 4) is 5.69 Å². The number of nitrogens with zero attached hydrogens (tertiary/aromatic N) is 4. The fraction of sp³-hybridized carbons (Fsp3) is 0.238. The number of aromatic nitrogens is 4. The normalized spacial score (nSPS) is 12.6. The maximum atomic E-state index is 4.73. The van der Waals surface area contributed by atoms with E-state index >= 15 is 0 Å². The lowest BCUT2D eigenvalue weighted by atomic mass is 10.1. The topological polar surface area (TPSA) is 47.1 Å². The van der Waals surface area contributed by atoms with Crippen LogP contribution in [0.2, 0.25) is 0 Å². The molecule has 4 aromatic rings. The molecule has 0 bridgehead atoms. The van der Waals surface area contributed by atoms with Crippen LogP contribution < -0.4 is 5.32 Å². The molecule has 4 rings (SSSR count). The summed E-state index contributed by atoms with van der Waals surface area (Å²) in [5.41, 5.74) is 5.66. The summed E-state index contributed by atoms with van der Waals surface area (Å²) in [6.07, 6.45) is 7.94. The van der Waals surface area contributed by atoms with E-state index in [1.165, 1.54) is 11.1 Å². The minimum atomic E-state index is 0.249. The van der Waals surface area contributed by atoms with Crippen molar-refractivity contribution in [2.75, 3.05) is 0 Å². The molecule has 0 aliphatic carbocycles. The van der Waals surface area contributed by atoms with Gasteiger partial charge in [-0.2, -0.15) is 0 Å². The van der Waals surface area contributed by atoms with Crippen molar-refractivity contribution >= 4 is 5.65 Å². The van der Waals surface area contributed by atoms with Gasteiger partial charge in [0.15, 0.2) is 0 Å². The second kappa shape index (κ2) is 6.77. The predicted octanol–water partition coefficient (Wildman–Crippen LogP) is 3.99. The fourth-order valence-electron chi connectivity index (χ4n) is 3.24. The van der Waals surface area contributed by atoms with Gasteiger partial charge in [-0.05, 0) is 50.1 Å². The molecule has 0 aliphatic rings. The number of hydrogen-bond donors (Lipinski definition) is 1. The first kappa shape index (κ1) is 16.5. The van der Waals surface area contributed by atoms with E-state index in [0.717, 1.165) is 29.4 Å². The molecule has 1 aromatic carbocycles. The third kappa shape index (κ3) is 3.13. The first-order chi connectivity index (χ1) is 12.6. The molecule has 26 heavy (non-hydrogen) atoms. The van der Waals surface area contributed by atoms with Gasteiger partial charge in [-0.3, -0.25) is 0 Å². The van der Waals surface area contributed by atoms with E-state index in [1.807, 2.05) is 31.6 Å². The summed E-state index contributed by atoms with van der Waals surface area (Å²) < 4.78 is 4.17. The van der Waals surface area contributed by atoms with Crippen LogP contribution in [-0.2, 0) is 6.54 Å². The van der Waals surface area contributed by atoms with Gasteiger partial charge in [0.05, 0.1) is 5.69 Å². The molecule has 0 amide bonds. The maximum absolute atomic E-state index is 4.73. The Bertz CT molecular complexity index is 1030. The van der Waals surface area contributed by atoms with E-state index in [9.17, 15) is 0 Å². The Balaban J connectivity index is 1.45. The lowest BCUT2D eigenvalue weighted by Crippen LogP contribution is -2.18. The molecule has 132 valence electrons. The van der Waals surface area contributed by atoms with Crippen molar-refractivity contribution in [1.82, 2.24) is 24.3 Å². The van der Waals surface area contributed by atoms with Gasteiger partial charge in [0, 0.05) is 43.1 Å². The zero-order valence-electron chi connectivity index (χ0n) is 15.3. The standard InChI is InChI=1S/C21H23N5/c1-15-5-4-11-25-14-19(24-21(15)25)13-23-16(2)18-6-8-20(9-7-18)26-12-10-22-17(26)3/h4-12,14,16,23H,13H2,1-3H3/t16-/m1/s1. The summed E-state index contributed by atoms with van der Waals surface area (Å²) in [6, 6.07) is 13.0. The third-order valence-electron chi connectivity index (χ3n) is 4.81. The molecule has 0 spiro atoms. The van der Waals surface area contributed by atoms with Crippen LogP contribution in [0.15, 0.2) is 61.2 Å². The number of fused-ring (bicyclic) bond motifs is 1. The van der Waals surface area contributed by atoms with E-state index in [1.54, 1.807) is 0 Å². The van der Waals surface area contributed by atoms with Gasteiger partial charge < -0.3 is 14.3 Å². The second-order valence-electron chi connectivity index (χ2n) is 6.69. The molecule has 1 atom stereocenters. The van der Waals surface area contributed by atoms with Gasteiger partial charge in [0.1, 0.15) is 11.5 Å². The number of benzene rings is 1. The lowest BCUT2D eigenvalue weighted by Gasteiger charge is -2.14. The van der Waals surface area contributed by atoms with E-state index < -0.39 is 0 Å². The van der Waals surface area contributed by atoms with Crippen LogP contribution in [0.1, 0.15) is 35.6 Å². The number of imidazole rings is 2. The zero-order valence-corrected chi connectivity index (χ0v) is 15.3. The SMILES string of the molecule is Cc1cccn2cc(CN[C@H](C)c3ccc(-n4ccnc4C)cc3)nc12. The lowest BCUT2D eigenvalue weighted by molar-refractivity contribution is 0.569. The minimum Gasteiger partial charge on any atom is -0.307 e. The first-order valence-corrected chi connectivity index (χ1v) is 8.88. The van der Waals surface area contributed by atoms with Crippen molar-refractivity contribution in [2.45, 2.75) is 33.4 Å². The van der Waals surface area contributed by atoms with E-state index in [-0.39, 0.29) is 6.04 Å². The molecule has 0 saturated carbocycles. The molecule has 0 saturated heterocycles. The van der Waals surface area contributed by atoms with Crippen LogP contribution in [-0.4, -0.2) is 18.9 Å². The van der Waals surface area contributed by atoms with Crippen LogP contribution in [0.5, 0.6) is 0 Å². The highest BCUT2D eigenvalue weighted by molar-refractivity contribution is 5.47. The molecule has 3 heterocycles. The average Bonchev–Trinajstić information content (AvgIpc) is 3.26. The highest BCUT2D eigenvalue weighted by Crippen LogP contribution is 2.17. The van der Waals surface area contributed by atoms with Crippen LogP contribution in [0, 0.1) is 13.8 Å². The van der Waals surface area contributed by atoms with E-state index in [2.05, 4.69) is 69.6 Å². The molecule has 5 nitrogen and oxygen atoms in total. The quantitative estimate of drug-likeness (QED) is 0.595. The smallest absolute Gasteiger partial charge is 0.139 e. The number of nitrogens with one attached hydrogen (secondary N) is 1. The van der Waals surface area contributed by atoms with Crippen molar-refractivity contribution in [3.05, 3.63) is 83.8 Å². The summed E-state index contributed by atoms with van der Waals surface area (Å²) in [5, 5.41) is 3.57. The average molecular weight is 345 g/mol. The van der Waals surface area contributed by atoms with Crippen molar-refractivity contribution in [3.63, 3.8) is 0 Å². The Morgan fingerprint density at radius 2 is 1.88 bits per heavy atom. The van der Waals surface area contributed by atoms with Crippen molar-refractivity contribution in [2.24, 2.45) is 0 Å². The Kier molecular flexibility index (Phi) is 4.31. The predicted molar refractivity (Wildman–Crippen MR) is 103 cm³/mol. The van der Waals surface area contributed by atoms with Gasteiger partial charge in [-0.1, -0.05) is 18.2 Å². The number of hydrogen-bond acceptors (Lipinski definition) is 3. The maximum Gasteiger partial charge on any atom is 0.139 e. The Hall–Kier alpha value is -2.92. The Morgan fingerprint density at radius 3 is 2.58 bits per heavy atom. The number of pyridine rings is 1. The van der Waals surface area contributed by atoms with Gasteiger partial charge in [0.25, 0.3) is 0 Å². The minimum absolute atomic E-state index is 0.249. The van der Waals surface area contributed by atoms with Gasteiger partial charge in [0.2, 0.25) is 0 Å². The third-order valence-corrected chi connectivity index (χ3v) is 4.81. The van der Waals surface area contributed by atoms with E-state index in [0.29, 0.717) is 0 Å². The summed E-state index contributed by atoms with van der Waals surface area (Å²) in [6.45, 7) is 7.02. The number of rotatable bonds is 5. The number of aryl methyl sites for hydroxylation is 2. The Labute approximate surface area is 153 Å². The zero-order chi connectivity index (χ0) is 18.1. The van der Waals surface area contributed by atoms with Crippen molar-refractivity contribution in [1.29, 1.82) is 0 Å². The van der Waals surface area contributed by atoms with Crippen LogP contribution >= 0.6 is 0 Å². The molecule has 3 aromatic heterocycles. The fourth-order valence-corrected chi connectivity index (χ4v) is 3.24. The van der Waals surface area contributed by atoms with Crippen LogP contribution in [0.4, 0.5) is 0 Å². The monoisotopic (exact) mass is 345 g/mol. The molecular weight excluding hydrogens is 322 g/mol. The van der Waals surface area contributed by atoms with Crippen LogP contribution in [0.25, 0.3) is 11.3 Å². The summed E-state index contributed by atoms with van der Waals surface area (Å²) in [4.78, 5) is 9.00. The molecule has 0 radical (unpaired) electrons. The molecule has 5 heteroatoms. The van der Waals surface area contributed by atoms with E-state index in [4.69, 9.17) is 4.98 Å². The highest BCUT2D eigenvalue weighted by atomic mass is 15.1. The molecule has 0 aliphatic heterocycles. The largest absolute Gasteiger partial charge is 0.307 e. The first-order valence-electron chi connectivity index (χ1n) is 8.88. The molecular formula is C21H23N5. The van der Waals surface area contributed by atoms with Crippen LogP contribution in [0.3, 0.4) is 0 Å². The summed E-state index contributed by atoms with van der Waals surface area (Å²) in [5.74, 6) is 0.992. The Morgan fingerprint density at radius 1 is 1.08 bits per heavy atom. The highest BCUT2D eigenvalue weighted by Gasteiger charge is 2.08. The van der Waals surface area contributed by atoms with Gasteiger partial charge >= 0.3 is 0 Å². The second-order valence-corrected chi connectivity index (χ2v) is 6.69. The van der Waals surface area contributed by atoms with Gasteiger partial charge in [-0.15, -0.1) is 0 Å². The summed E-state index contributed by atoms with van der Waals surface area (Å²) in [7, 11) is 0.